The molecule has 0 atom stereocenters. The van der Waals surface area contributed by atoms with Crippen LogP contribution in [0.25, 0.3) is 0 Å². The topological polar surface area (TPSA) is 75.3 Å². The van der Waals surface area contributed by atoms with E-state index in [2.05, 4.69) is 12.2 Å². The van der Waals surface area contributed by atoms with Gasteiger partial charge in [-0.15, -0.1) is 0 Å². The maximum absolute atomic E-state index is 11.9. The van der Waals surface area contributed by atoms with Crippen LogP contribution in [0.5, 0.6) is 0 Å². The van der Waals surface area contributed by atoms with Crippen molar-refractivity contribution in [1.82, 2.24) is 5.32 Å². The molecule has 0 aromatic rings. The largest absolute Gasteiger partial charge is 0.394 e. The average molecular weight is 242 g/mol. The SMILES string of the molecule is CC1CCC(CO)(NC(=O)CC(C)(C)N)CC1. The Balaban J connectivity index is 2.54. The second kappa shape index (κ2) is 5.36. The molecule has 0 aromatic heterocycles. The number of carbonyl (C=O) groups excluding carboxylic acids is 1. The summed E-state index contributed by atoms with van der Waals surface area (Å²) in [7, 11) is 0. The minimum Gasteiger partial charge on any atom is -0.394 e. The number of hydrogen-bond donors (Lipinski definition) is 3. The Hall–Kier alpha value is -0.610. The normalized spacial score (nSPS) is 30.1. The van der Waals surface area contributed by atoms with Crippen LogP contribution in [0.1, 0.15) is 52.9 Å². The Morgan fingerprint density at radius 3 is 2.41 bits per heavy atom. The molecule has 4 N–H and O–H groups in total. The highest BCUT2D eigenvalue weighted by Crippen LogP contribution is 2.31. The molecule has 0 bridgehead atoms. The molecular formula is C13H26N2O2. The number of aliphatic hydroxyl groups excluding tert-OH is 1. The van der Waals surface area contributed by atoms with Gasteiger partial charge in [0.25, 0.3) is 0 Å². The van der Waals surface area contributed by atoms with Crippen molar-refractivity contribution >= 4 is 5.91 Å². The fraction of sp³-hybridized carbons (Fsp3) is 0.923. The van der Waals surface area contributed by atoms with Crippen molar-refractivity contribution in [1.29, 1.82) is 0 Å². The predicted octanol–water partition coefficient (Wildman–Crippen LogP) is 1.17. The van der Waals surface area contributed by atoms with E-state index in [1.165, 1.54) is 0 Å². The molecule has 0 aliphatic heterocycles. The number of nitrogens with one attached hydrogen (secondary N) is 1. The van der Waals surface area contributed by atoms with Gasteiger partial charge in [-0.05, 0) is 45.4 Å². The monoisotopic (exact) mass is 242 g/mol. The second-order valence-corrected chi connectivity index (χ2v) is 6.33. The van der Waals surface area contributed by atoms with Crippen LogP contribution in [0.2, 0.25) is 0 Å². The van der Waals surface area contributed by atoms with E-state index in [-0.39, 0.29) is 12.5 Å². The Kier molecular flexibility index (Phi) is 4.55. The fourth-order valence-electron chi connectivity index (χ4n) is 2.39. The molecule has 4 nitrogen and oxygen atoms in total. The molecular weight excluding hydrogens is 216 g/mol. The minimum absolute atomic E-state index is 0.0243. The van der Waals surface area contributed by atoms with Crippen LogP contribution in [0, 0.1) is 5.92 Å². The van der Waals surface area contributed by atoms with E-state index in [1.54, 1.807) is 0 Å². The standard InChI is InChI=1S/C13H26N2O2/c1-10-4-6-13(9-16,7-5-10)15-11(17)8-12(2,3)14/h10,16H,4-9,14H2,1-3H3,(H,15,17). The van der Waals surface area contributed by atoms with Gasteiger partial charge in [0.1, 0.15) is 0 Å². The zero-order chi connectivity index (χ0) is 13.1. The lowest BCUT2D eigenvalue weighted by molar-refractivity contribution is -0.125. The lowest BCUT2D eigenvalue weighted by atomic mass is 9.77. The van der Waals surface area contributed by atoms with Gasteiger partial charge in [-0.3, -0.25) is 4.79 Å². The number of rotatable bonds is 4. The van der Waals surface area contributed by atoms with Crippen LogP contribution in [0.4, 0.5) is 0 Å². The zero-order valence-corrected chi connectivity index (χ0v) is 11.3. The first-order valence-electron chi connectivity index (χ1n) is 6.47. The van der Waals surface area contributed by atoms with Gasteiger partial charge in [-0.25, -0.2) is 0 Å². The summed E-state index contributed by atoms with van der Waals surface area (Å²) in [6.07, 6.45) is 4.15. The third kappa shape index (κ3) is 4.64. The smallest absolute Gasteiger partial charge is 0.222 e. The minimum atomic E-state index is -0.497. The molecule has 0 saturated heterocycles. The van der Waals surface area contributed by atoms with Gasteiger partial charge >= 0.3 is 0 Å². The van der Waals surface area contributed by atoms with E-state index in [0.717, 1.165) is 25.7 Å². The van der Waals surface area contributed by atoms with Gasteiger partial charge in [-0.1, -0.05) is 6.92 Å². The number of hydrogen-bond acceptors (Lipinski definition) is 3. The molecule has 4 heteroatoms. The summed E-state index contributed by atoms with van der Waals surface area (Å²) in [5.41, 5.74) is 4.92. The highest BCUT2D eigenvalue weighted by molar-refractivity contribution is 5.78. The zero-order valence-electron chi connectivity index (χ0n) is 11.3. The van der Waals surface area contributed by atoms with E-state index in [0.29, 0.717) is 12.3 Å². The van der Waals surface area contributed by atoms with E-state index in [9.17, 15) is 9.90 Å². The Labute approximate surface area is 104 Å². The Morgan fingerprint density at radius 2 is 2.00 bits per heavy atom. The Bertz CT molecular complexity index is 263. The van der Waals surface area contributed by atoms with Crippen molar-refractivity contribution in [3.63, 3.8) is 0 Å². The van der Waals surface area contributed by atoms with E-state index >= 15 is 0 Å². The average Bonchev–Trinajstić information content (AvgIpc) is 2.19. The van der Waals surface area contributed by atoms with Gasteiger partial charge in [-0.2, -0.15) is 0 Å². The summed E-state index contributed by atoms with van der Waals surface area (Å²) in [4.78, 5) is 11.9. The lowest BCUT2D eigenvalue weighted by Crippen LogP contribution is -2.54. The first kappa shape index (κ1) is 14.5. The van der Waals surface area contributed by atoms with Gasteiger partial charge in [0.2, 0.25) is 5.91 Å². The third-order valence-corrected chi connectivity index (χ3v) is 3.55. The summed E-state index contributed by atoms with van der Waals surface area (Å²) >= 11 is 0. The number of aliphatic hydroxyl groups is 1. The summed E-state index contributed by atoms with van der Waals surface area (Å²) in [6.45, 7) is 5.91. The molecule has 1 rings (SSSR count). The number of carbonyl (C=O) groups is 1. The van der Waals surface area contributed by atoms with Gasteiger partial charge in [0.05, 0.1) is 12.1 Å². The van der Waals surface area contributed by atoms with E-state index in [4.69, 9.17) is 5.73 Å². The molecule has 17 heavy (non-hydrogen) atoms. The third-order valence-electron chi connectivity index (χ3n) is 3.55. The van der Waals surface area contributed by atoms with Gasteiger partial charge in [0.15, 0.2) is 0 Å². The number of amides is 1. The molecule has 0 spiro atoms. The summed E-state index contributed by atoms with van der Waals surface area (Å²) in [6, 6.07) is 0. The summed E-state index contributed by atoms with van der Waals surface area (Å²) in [5, 5.41) is 12.5. The molecule has 100 valence electrons. The number of nitrogens with two attached hydrogens (primary N) is 1. The first-order valence-corrected chi connectivity index (χ1v) is 6.47. The van der Waals surface area contributed by atoms with Crippen molar-refractivity contribution < 1.29 is 9.90 Å². The maximum atomic E-state index is 11.9. The summed E-state index contributed by atoms with van der Waals surface area (Å²) in [5.74, 6) is 0.638. The van der Waals surface area contributed by atoms with E-state index < -0.39 is 11.1 Å². The van der Waals surface area contributed by atoms with Crippen LogP contribution in [0.15, 0.2) is 0 Å². The molecule has 0 radical (unpaired) electrons. The van der Waals surface area contributed by atoms with Crippen LogP contribution in [-0.2, 0) is 4.79 Å². The maximum Gasteiger partial charge on any atom is 0.222 e. The molecule has 0 unspecified atom stereocenters. The van der Waals surface area contributed by atoms with Crippen molar-refractivity contribution in [2.75, 3.05) is 6.61 Å². The van der Waals surface area contributed by atoms with Gasteiger partial charge < -0.3 is 16.2 Å². The second-order valence-electron chi connectivity index (χ2n) is 6.33. The van der Waals surface area contributed by atoms with Crippen LogP contribution < -0.4 is 11.1 Å². The first-order chi connectivity index (χ1) is 7.76. The highest BCUT2D eigenvalue weighted by atomic mass is 16.3. The molecule has 1 aliphatic carbocycles. The molecule has 1 fully saturated rings. The van der Waals surface area contributed by atoms with Crippen molar-refractivity contribution in [3.8, 4) is 0 Å². The van der Waals surface area contributed by atoms with Crippen LogP contribution in [-0.4, -0.2) is 28.7 Å². The van der Waals surface area contributed by atoms with Gasteiger partial charge in [0, 0.05) is 12.0 Å². The van der Waals surface area contributed by atoms with Crippen LogP contribution in [0.3, 0.4) is 0 Å². The predicted molar refractivity (Wildman–Crippen MR) is 68.5 cm³/mol. The molecule has 1 amide bonds. The quantitative estimate of drug-likeness (QED) is 0.692. The van der Waals surface area contributed by atoms with Crippen molar-refractivity contribution in [2.24, 2.45) is 11.7 Å². The Morgan fingerprint density at radius 1 is 1.47 bits per heavy atom. The molecule has 1 aliphatic rings. The molecule has 0 aromatic carbocycles. The summed E-state index contributed by atoms with van der Waals surface area (Å²) < 4.78 is 0. The molecule has 1 saturated carbocycles. The highest BCUT2D eigenvalue weighted by Gasteiger charge is 2.35. The molecule has 0 heterocycles. The fourth-order valence-corrected chi connectivity index (χ4v) is 2.39. The lowest BCUT2D eigenvalue weighted by Gasteiger charge is -2.39. The van der Waals surface area contributed by atoms with E-state index in [1.807, 2.05) is 13.8 Å². The van der Waals surface area contributed by atoms with Crippen molar-refractivity contribution in [2.45, 2.75) is 64.0 Å². The van der Waals surface area contributed by atoms with Crippen LogP contribution >= 0.6 is 0 Å². The van der Waals surface area contributed by atoms with Crippen molar-refractivity contribution in [3.05, 3.63) is 0 Å².